The maximum atomic E-state index is 5.44. The summed E-state index contributed by atoms with van der Waals surface area (Å²) in [6.45, 7) is 4.16. The van der Waals surface area contributed by atoms with Gasteiger partial charge in [0.1, 0.15) is 12.4 Å². The monoisotopic (exact) mass is 186 g/mol. The Morgan fingerprint density at radius 3 is 2.57 bits per heavy atom. The SMILES string of the molecule is C=C/C=C\C=C/COc1ccccc1. The first kappa shape index (κ1) is 10.3. The molecule has 0 bridgehead atoms. The van der Waals surface area contributed by atoms with E-state index in [1.165, 1.54) is 0 Å². The fourth-order valence-corrected chi connectivity index (χ4v) is 0.938. The Bertz CT molecular complexity index is 309. The van der Waals surface area contributed by atoms with Gasteiger partial charge in [0, 0.05) is 0 Å². The number of benzene rings is 1. The van der Waals surface area contributed by atoms with Crippen molar-refractivity contribution < 1.29 is 4.74 Å². The molecule has 0 radical (unpaired) electrons. The molecule has 0 aliphatic carbocycles. The first-order chi connectivity index (χ1) is 6.93. The van der Waals surface area contributed by atoms with E-state index in [-0.39, 0.29) is 0 Å². The third-order valence-corrected chi connectivity index (χ3v) is 1.58. The van der Waals surface area contributed by atoms with Crippen LogP contribution in [0.1, 0.15) is 0 Å². The van der Waals surface area contributed by atoms with E-state index < -0.39 is 0 Å². The molecule has 14 heavy (non-hydrogen) atoms. The molecule has 0 aromatic heterocycles. The van der Waals surface area contributed by atoms with Gasteiger partial charge in [-0.25, -0.2) is 0 Å². The molecule has 1 aromatic rings. The van der Waals surface area contributed by atoms with E-state index in [4.69, 9.17) is 4.74 Å². The van der Waals surface area contributed by atoms with Crippen molar-refractivity contribution in [2.75, 3.05) is 6.61 Å². The zero-order valence-corrected chi connectivity index (χ0v) is 8.10. The molecule has 1 aromatic carbocycles. The van der Waals surface area contributed by atoms with E-state index in [2.05, 4.69) is 6.58 Å². The van der Waals surface area contributed by atoms with Crippen molar-refractivity contribution in [1.82, 2.24) is 0 Å². The highest BCUT2D eigenvalue weighted by molar-refractivity contribution is 5.21. The Balaban J connectivity index is 2.25. The molecule has 1 nitrogen and oxygen atoms in total. The smallest absolute Gasteiger partial charge is 0.119 e. The van der Waals surface area contributed by atoms with E-state index in [1.54, 1.807) is 6.08 Å². The van der Waals surface area contributed by atoms with Crippen molar-refractivity contribution in [2.45, 2.75) is 0 Å². The second-order valence-corrected chi connectivity index (χ2v) is 2.67. The van der Waals surface area contributed by atoms with E-state index in [1.807, 2.05) is 54.6 Å². The van der Waals surface area contributed by atoms with Crippen molar-refractivity contribution in [1.29, 1.82) is 0 Å². The van der Waals surface area contributed by atoms with E-state index in [0.717, 1.165) is 5.75 Å². The molecule has 0 amide bonds. The maximum Gasteiger partial charge on any atom is 0.119 e. The molecule has 0 spiro atoms. The predicted molar refractivity (Wildman–Crippen MR) is 60.4 cm³/mol. The summed E-state index contributed by atoms with van der Waals surface area (Å²) in [6.07, 6.45) is 9.42. The number of ether oxygens (including phenoxy) is 1. The zero-order valence-electron chi connectivity index (χ0n) is 8.10. The lowest BCUT2D eigenvalue weighted by Crippen LogP contribution is -1.91. The third kappa shape index (κ3) is 4.31. The van der Waals surface area contributed by atoms with Gasteiger partial charge in [-0.3, -0.25) is 0 Å². The van der Waals surface area contributed by atoms with Gasteiger partial charge in [-0.1, -0.05) is 49.1 Å². The van der Waals surface area contributed by atoms with Gasteiger partial charge in [-0.15, -0.1) is 0 Å². The molecule has 0 saturated heterocycles. The quantitative estimate of drug-likeness (QED) is 0.641. The van der Waals surface area contributed by atoms with Gasteiger partial charge in [0.25, 0.3) is 0 Å². The van der Waals surface area contributed by atoms with Crippen LogP contribution >= 0.6 is 0 Å². The molecule has 1 heteroatoms. The van der Waals surface area contributed by atoms with Crippen molar-refractivity contribution >= 4 is 0 Å². The first-order valence-corrected chi connectivity index (χ1v) is 4.55. The van der Waals surface area contributed by atoms with Crippen LogP contribution in [0.2, 0.25) is 0 Å². The normalized spacial score (nSPS) is 10.9. The lowest BCUT2D eigenvalue weighted by atomic mass is 10.3. The summed E-state index contributed by atoms with van der Waals surface area (Å²) in [5, 5.41) is 0. The van der Waals surface area contributed by atoms with Crippen LogP contribution in [0.4, 0.5) is 0 Å². The summed E-state index contributed by atoms with van der Waals surface area (Å²) < 4.78 is 5.44. The van der Waals surface area contributed by atoms with Crippen molar-refractivity contribution in [2.24, 2.45) is 0 Å². The fraction of sp³-hybridized carbons (Fsp3) is 0.0769. The first-order valence-electron chi connectivity index (χ1n) is 4.55. The average Bonchev–Trinajstić information content (AvgIpc) is 2.25. The fourth-order valence-electron chi connectivity index (χ4n) is 0.938. The summed E-state index contributed by atoms with van der Waals surface area (Å²) in [7, 11) is 0. The Labute approximate surface area is 85.0 Å². The van der Waals surface area contributed by atoms with Gasteiger partial charge in [0.05, 0.1) is 0 Å². The molecule has 1 rings (SSSR count). The highest BCUT2D eigenvalue weighted by Crippen LogP contribution is 2.07. The minimum absolute atomic E-state index is 0.589. The second-order valence-electron chi connectivity index (χ2n) is 2.67. The molecular weight excluding hydrogens is 172 g/mol. The Hall–Kier alpha value is -1.76. The summed E-state index contributed by atoms with van der Waals surface area (Å²) >= 11 is 0. The summed E-state index contributed by atoms with van der Waals surface area (Å²) in [5.74, 6) is 0.893. The van der Waals surface area contributed by atoms with Crippen molar-refractivity contribution in [3.63, 3.8) is 0 Å². The summed E-state index contributed by atoms with van der Waals surface area (Å²) in [4.78, 5) is 0. The van der Waals surface area contributed by atoms with Crippen LogP contribution in [0.3, 0.4) is 0 Å². The minimum atomic E-state index is 0.589. The maximum absolute atomic E-state index is 5.44. The van der Waals surface area contributed by atoms with E-state index in [0.29, 0.717) is 6.61 Å². The number of allylic oxidation sites excluding steroid dienone is 4. The van der Waals surface area contributed by atoms with Crippen molar-refractivity contribution in [3.8, 4) is 5.75 Å². The lowest BCUT2D eigenvalue weighted by molar-refractivity contribution is 0.363. The summed E-state index contributed by atoms with van der Waals surface area (Å²) in [6, 6.07) is 9.75. The predicted octanol–water partition coefficient (Wildman–Crippen LogP) is 3.36. The Morgan fingerprint density at radius 2 is 1.86 bits per heavy atom. The van der Waals surface area contributed by atoms with Crippen LogP contribution in [-0.4, -0.2) is 6.61 Å². The average molecular weight is 186 g/mol. The number of para-hydroxylation sites is 1. The van der Waals surface area contributed by atoms with Crippen LogP contribution in [0.5, 0.6) is 5.75 Å². The molecule has 0 fully saturated rings. The van der Waals surface area contributed by atoms with Crippen LogP contribution in [0, 0.1) is 0 Å². The van der Waals surface area contributed by atoms with E-state index >= 15 is 0 Å². The topological polar surface area (TPSA) is 9.23 Å². The number of rotatable bonds is 5. The van der Waals surface area contributed by atoms with Crippen LogP contribution < -0.4 is 4.74 Å². The van der Waals surface area contributed by atoms with Crippen molar-refractivity contribution in [3.05, 3.63) is 67.3 Å². The largest absolute Gasteiger partial charge is 0.490 e. The lowest BCUT2D eigenvalue weighted by Gasteiger charge is -2.00. The van der Waals surface area contributed by atoms with Gasteiger partial charge < -0.3 is 4.74 Å². The molecule has 0 aliphatic rings. The Morgan fingerprint density at radius 1 is 1.07 bits per heavy atom. The van der Waals surface area contributed by atoms with Gasteiger partial charge in [-0.2, -0.15) is 0 Å². The van der Waals surface area contributed by atoms with Crippen LogP contribution in [0.15, 0.2) is 67.3 Å². The number of hydrogen-bond donors (Lipinski definition) is 0. The van der Waals surface area contributed by atoms with Gasteiger partial charge in [0.2, 0.25) is 0 Å². The highest BCUT2D eigenvalue weighted by atomic mass is 16.5. The minimum Gasteiger partial charge on any atom is -0.490 e. The molecule has 72 valence electrons. The molecule has 0 aliphatic heterocycles. The molecule has 0 unspecified atom stereocenters. The third-order valence-electron chi connectivity index (χ3n) is 1.58. The number of hydrogen-bond acceptors (Lipinski definition) is 1. The Kier molecular flexibility index (Phi) is 4.96. The highest BCUT2D eigenvalue weighted by Gasteiger charge is 1.85. The molecule has 0 N–H and O–H groups in total. The van der Waals surface area contributed by atoms with Crippen LogP contribution in [-0.2, 0) is 0 Å². The van der Waals surface area contributed by atoms with E-state index in [9.17, 15) is 0 Å². The summed E-state index contributed by atoms with van der Waals surface area (Å²) in [5.41, 5.74) is 0. The molecule has 0 saturated carbocycles. The standard InChI is InChI=1S/C13H14O/c1-2-3-4-5-9-12-14-13-10-7-6-8-11-13/h2-11H,1,12H2/b4-3-,9-5-. The molecule has 0 atom stereocenters. The molecule has 0 heterocycles. The van der Waals surface area contributed by atoms with Gasteiger partial charge in [0.15, 0.2) is 0 Å². The second kappa shape index (κ2) is 6.72. The van der Waals surface area contributed by atoms with Gasteiger partial charge in [-0.05, 0) is 18.2 Å². The van der Waals surface area contributed by atoms with Crippen LogP contribution in [0.25, 0.3) is 0 Å². The molecular formula is C13H14O. The zero-order chi connectivity index (χ0) is 10.1. The van der Waals surface area contributed by atoms with Gasteiger partial charge >= 0.3 is 0 Å².